The van der Waals surface area contributed by atoms with Gasteiger partial charge in [-0.1, -0.05) is 47.3 Å². The van der Waals surface area contributed by atoms with Crippen LogP contribution in [-0.4, -0.2) is 15.7 Å². The second kappa shape index (κ2) is 3.77. The molecule has 0 spiro atoms. The molecule has 1 N–H and O–H groups in total. The quantitative estimate of drug-likeness (QED) is 0.673. The molecule has 0 bridgehead atoms. The van der Waals surface area contributed by atoms with Gasteiger partial charge < -0.3 is 5.32 Å². The van der Waals surface area contributed by atoms with Crippen LogP contribution in [0.15, 0.2) is 45.8 Å². The van der Waals surface area contributed by atoms with Crippen LogP contribution in [0.3, 0.4) is 0 Å². The van der Waals surface area contributed by atoms with E-state index in [1.165, 1.54) is 15.5 Å². The molecule has 1 aliphatic carbocycles. The number of fused-ring (bicyclic) bond motifs is 1. The Morgan fingerprint density at radius 1 is 1.38 bits per heavy atom. The Labute approximate surface area is 102 Å². The fraction of sp³-hybridized carbons (Fsp3) is 0.167. The van der Waals surface area contributed by atoms with Crippen LogP contribution in [0, 0.1) is 0 Å². The minimum absolute atomic E-state index is 0.127. The number of benzene rings is 1. The van der Waals surface area contributed by atoms with Crippen LogP contribution in [0.2, 0.25) is 5.82 Å². The second-order valence-electron chi connectivity index (χ2n) is 4.05. The summed E-state index contributed by atoms with van der Waals surface area (Å²) in [5.41, 5.74) is 3.14. The predicted octanol–water partition coefficient (Wildman–Crippen LogP) is 2.13. The van der Waals surface area contributed by atoms with Crippen molar-refractivity contribution >= 4 is 38.6 Å². The molecule has 4 radical (unpaired) electrons. The maximum Gasteiger partial charge on any atom is 0.113 e. The van der Waals surface area contributed by atoms with Crippen LogP contribution in [0.4, 0.5) is 5.69 Å². The Balaban J connectivity index is 1.99. The third-order valence-electron chi connectivity index (χ3n) is 2.74. The fourth-order valence-electron chi connectivity index (χ4n) is 1.93. The monoisotopic (exact) mass is 221 g/mol. The number of nitrogens with one attached hydrogen (secondary N) is 1. The lowest BCUT2D eigenvalue weighted by atomic mass is 9.81. The van der Waals surface area contributed by atoms with Crippen molar-refractivity contribution in [2.45, 2.75) is 17.1 Å². The third-order valence-corrected chi connectivity index (χ3v) is 3.90. The lowest BCUT2D eigenvalue weighted by Crippen LogP contribution is -2.13. The molecule has 0 amide bonds. The zero-order chi connectivity index (χ0) is 11.1. The van der Waals surface area contributed by atoms with Crippen molar-refractivity contribution in [3.63, 3.8) is 0 Å². The van der Waals surface area contributed by atoms with Gasteiger partial charge in [0.25, 0.3) is 0 Å². The molecule has 1 aromatic carbocycles. The van der Waals surface area contributed by atoms with E-state index in [0.29, 0.717) is 0 Å². The zero-order valence-corrected chi connectivity index (χ0v) is 9.55. The largest absolute Gasteiger partial charge is 0.357 e. The van der Waals surface area contributed by atoms with Crippen molar-refractivity contribution in [2.75, 3.05) is 5.32 Å². The molecule has 1 atom stereocenters. The highest BCUT2D eigenvalue weighted by Gasteiger charge is 2.20. The minimum Gasteiger partial charge on any atom is -0.357 e. The first-order valence-electron chi connectivity index (χ1n) is 5.24. The maximum atomic E-state index is 5.90. The zero-order valence-electron chi connectivity index (χ0n) is 8.73. The molecule has 2 aliphatic rings. The Hall–Kier alpha value is -1.02. The van der Waals surface area contributed by atoms with Crippen LogP contribution in [0.1, 0.15) is 6.42 Å². The molecule has 1 aliphatic heterocycles. The summed E-state index contributed by atoms with van der Waals surface area (Å²) < 4.78 is 0. The fourth-order valence-corrected chi connectivity index (χ4v) is 3.00. The molecule has 1 heterocycles. The summed E-state index contributed by atoms with van der Waals surface area (Å²) in [4.78, 5) is 2.43. The molecule has 1 unspecified atom stereocenters. The molecule has 0 aromatic heterocycles. The van der Waals surface area contributed by atoms with E-state index < -0.39 is 0 Å². The molecule has 0 saturated heterocycles. The summed E-state index contributed by atoms with van der Waals surface area (Å²) >= 11 is 1.75. The molecular weight excluding hydrogens is 212 g/mol. The first-order valence-corrected chi connectivity index (χ1v) is 6.05. The first-order chi connectivity index (χ1) is 7.72. The Morgan fingerprint density at radius 3 is 3.12 bits per heavy atom. The van der Waals surface area contributed by atoms with Gasteiger partial charge in [0.15, 0.2) is 0 Å². The Morgan fingerprint density at radius 2 is 2.25 bits per heavy atom. The number of thioether (sulfide) groups is 1. The normalized spacial score (nSPS) is 22.4. The van der Waals surface area contributed by atoms with Gasteiger partial charge in [-0.2, -0.15) is 0 Å². The number of hydrogen-bond acceptors (Lipinski definition) is 2. The highest BCUT2D eigenvalue weighted by Crippen LogP contribution is 2.43. The summed E-state index contributed by atoms with van der Waals surface area (Å²) in [6.45, 7) is 0. The molecule has 1 aromatic rings. The van der Waals surface area contributed by atoms with Gasteiger partial charge in [0.05, 0.1) is 13.5 Å². The summed E-state index contributed by atoms with van der Waals surface area (Å²) in [5.74, 6) is 0.127. The van der Waals surface area contributed by atoms with Gasteiger partial charge in [-0.25, -0.2) is 0 Å². The van der Waals surface area contributed by atoms with Gasteiger partial charge >= 0.3 is 0 Å². The van der Waals surface area contributed by atoms with Gasteiger partial charge in [-0.3, -0.25) is 0 Å². The topological polar surface area (TPSA) is 12.0 Å². The second-order valence-corrected chi connectivity index (χ2v) is 5.14. The van der Waals surface area contributed by atoms with Crippen LogP contribution < -0.4 is 10.8 Å². The van der Waals surface area contributed by atoms with E-state index in [4.69, 9.17) is 15.7 Å². The smallest absolute Gasteiger partial charge is 0.113 e. The SMILES string of the molecule is [B]c1ccc2c(c1)SC1=C(CC([B])C=C1)N2. The summed E-state index contributed by atoms with van der Waals surface area (Å²) in [5, 5.41) is 3.43. The molecule has 1 nitrogen and oxygen atoms in total. The van der Waals surface area contributed by atoms with Crippen molar-refractivity contribution < 1.29 is 0 Å². The van der Waals surface area contributed by atoms with Crippen molar-refractivity contribution in [2.24, 2.45) is 0 Å². The highest BCUT2D eigenvalue weighted by atomic mass is 32.2. The molecule has 16 heavy (non-hydrogen) atoms. The van der Waals surface area contributed by atoms with Crippen molar-refractivity contribution in [1.29, 1.82) is 0 Å². The van der Waals surface area contributed by atoms with E-state index in [9.17, 15) is 0 Å². The third kappa shape index (κ3) is 1.71. The summed E-state index contributed by atoms with van der Waals surface area (Å²) in [6.07, 6.45) is 5.01. The van der Waals surface area contributed by atoms with Crippen LogP contribution >= 0.6 is 11.8 Å². The van der Waals surface area contributed by atoms with Crippen molar-refractivity contribution in [1.82, 2.24) is 0 Å². The molecule has 3 rings (SSSR count). The van der Waals surface area contributed by atoms with Crippen molar-refractivity contribution in [3.05, 3.63) is 41.0 Å². The molecule has 4 heteroatoms. The maximum absolute atomic E-state index is 5.90. The number of hydrogen-bond donors (Lipinski definition) is 1. The van der Waals surface area contributed by atoms with Crippen LogP contribution in [0.5, 0.6) is 0 Å². The average molecular weight is 221 g/mol. The number of rotatable bonds is 0. The van der Waals surface area contributed by atoms with E-state index in [0.717, 1.165) is 17.6 Å². The standard InChI is InChI=1S/C12H9B2NS/c13-7-2-4-11-10(5-7)15-9-3-1-8(14)6-12(9)16-11/h1-4,6-7,15H,5H2. The summed E-state index contributed by atoms with van der Waals surface area (Å²) in [7, 11) is 11.7. The average Bonchev–Trinajstić information content (AvgIpc) is 2.26. The van der Waals surface area contributed by atoms with E-state index in [1.54, 1.807) is 11.8 Å². The molecule has 74 valence electrons. The van der Waals surface area contributed by atoms with E-state index in [1.807, 2.05) is 24.3 Å². The molecular formula is C12H9B2NS. The Kier molecular flexibility index (Phi) is 2.40. The first kappa shape index (κ1) is 10.2. The predicted molar refractivity (Wildman–Crippen MR) is 71.6 cm³/mol. The Bertz CT molecular complexity index is 508. The van der Waals surface area contributed by atoms with E-state index >= 15 is 0 Å². The van der Waals surface area contributed by atoms with E-state index in [2.05, 4.69) is 11.4 Å². The van der Waals surface area contributed by atoms with Crippen LogP contribution in [-0.2, 0) is 0 Å². The van der Waals surface area contributed by atoms with Crippen LogP contribution in [0.25, 0.3) is 0 Å². The van der Waals surface area contributed by atoms with Gasteiger partial charge in [0.2, 0.25) is 0 Å². The number of anilines is 1. The van der Waals surface area contributed by atoms with Crippen molar-refractivity contribution in [3.8, 4) is 0 Å². The van der Waals surface area contributed by atoms with Gasteiger partial charge in [-0.05, 0) is 12.5 Å². The van der Waals surface area contributed by atoms with Gasteiger partial charge in [-0.15, -0.1) is 0 Å². The summed E-state index contributed by atoms with van der Waals surface area (Å²) in [6, 6.07) is 5.93. The lowest BCUT2D eigenvalue weighted by molar-refractivity contribution is 0.951. The lowest BCUT2D eigenvalue weighted by Gasteiger charge is -2.27. The van der Waals surface area contributed by atoms with Gasteiger partial charge in [0.1, 0.15) is 7.85 Å². The molecule has 0 fully saturated rings. The minimum atomic E-state index is 0.127. The highest BCUT2D eigenvalue weighted by molar-refractivity contribution is 8.03. The number of allylic oxidation sites excluding steroid dienone is 3. The van der Waals surface area contributed by atoms with E-state index in [-0.39, 0.29) is 5.82 Å². The molecule has 0 saturated carbocycles. The van der Waals surface area contributed by atoms with Gasteiger partial charge in [0, 0.05) is 15.5 Å².